The molecule has 0 fully saturated rings. The zero-order valence-electron chi connectivity index (χ0n) is 16.2. The van der Waals surface area contributed by atoms with Gasteiger partial charge in [0.2, 0.25) is 5.88 Å². The third-order valence-corrected chi connectivity index (χ3v) is 4.33. The van der Waals surface area contributed by atoms with Crippen LogP contribution in [0.2, 0.25) is 0 Å². The number of benzene rings is 1. The van der Waals surface area contributed by atoms with E-state index in [0.29, 0.717) is 11.3 Å². The molecule has 11 heteroatoms. The summed E-state index contributed by atoms with van der Waals surface area (Å²) in [6.07, 6.45) is 0.277. The van der Waals surface area contributed by atoms with Crippen molar-refractivity contribution in [3.63, 3.8) is 0 Å². The van der Waals surface area contributed by atoms with E-state index in [0.717, 1.165) is 4.68 Å². The molecule has 0 saturated heterocycles. The normalized spacial score (nSPS) is 11.3. The molecule has 3 heterocycles. The lowest BCUT2D eigenvalue weighted by molar-refractivity contribution is -0.0498. The number of hydrogen-bond acceptors (Lipinski definition) is 6. The summed E-state index contributed by atoms with van der Waals surface area (Å²) in [5, 5.41) is 4.31. The number of pyridine rings is 2. The molecule has 1 aromatic carbocycles. The summed E-state index contributed by atoms with van der Waals surface area (Å²) in [7, 11) is 0. The van der Waals surface area contributed by atoms with E-state index < -0.39 is 25.2 Å². The van der Waals surface area contributed by atoms with Crippen molar-refractivity contribution in [3.05, 3.63) is 71.3 Å². The molecule has 164 valence electrons. The molecule has 0 aliphatic heterocycles. The molecule has 4 rings (SSSR count). The molecule has 0 atom stereocenters. The molecule has 0 aliphatic carbocycles. The highest BCUT2D eigenvalue weighted by molar-refractivity contribution is 5.91. The predicted octanol–water partition coefficient (Wildman–Crippen LogP) is 4.09. The first kappa shape index (κ1) is 21.2. The minimum atomic E-state index is -3.00. The fraction of sp³-hybridized carbons (Fsp3) is 0.143. The first-order chi connectivity index (χ1) is 15.4. The minimum Gasteiger partial charge on any atom is -0.472 e. The van der Waals surface area contributed by atoms with Crippen LogP contribution in [-0.4, -0.2) is 39.4 Å². The van der Waals surface area contributed by atoms with E-state index >= 15 is 0 Å². The minimum absolute atomic E-state index is 0.0814. The number of aromatic nitrogens is 4. The van der Waals surface area contributed by atoms with Crippen LogP contribution in [0.5, 0.6) is 11.6 Å². The maximum Gasteiger partial charge on any atom is 0.387 e. The lowest BCUT2D eigenvalue weighted by Gasteiger charge is -2.12. The maximum atomic E-state index is 13.4. The first-order valence-corrected chi connectivity index (χ1v) is 9.23. The van der Waals surface area contributed by atoms with Crippen LogP contribution in [0.3, 0.4) is 0 Å². The average Bonchev–Trinajstić information content (AvgIpc) is 2.78. The van der Waals surface area contributed by atoms with Crippen LogP contribution >= 0.6 is 0 Å². The van der Waals surface area contributed by atoms with Gasteiger partial charge in [-0.15, -0.1) is 0 Å². The highest BCUT2D eigenvalue weighted by atomic mass is 19.3. The molecule has 0 unspecified atom stereocenters. The Kier molecular flexibility index (Phi) is 5.97. The molecule has 0 N–H and O–H groups in total. The number of ether oxygens (including phenoxy) is 2. The molecule has 0 amide bonds. The summed E-state index contributed by atoms with van der Waals surface area (Å²) in [5.41, 5.74) is 0.681. The van der Waals surface area contributed by atoms with Crippen molar-refractivity contribution >= 4 is 11.0 Å². The van der Waals surface area contributed by atoms with E-state index in [2.05, 4.69) is 19.8 Å². The molecular formula is C21H14F4N4O3. The summed E-state index contributed by atoms with van der Waals surface area (Å²) in [5.74, 6) is -0.204. The maximum absolute atomic E-state index is 13.4. The van der Waals surface area contributed by atoms with Crippen LogP contribution in [0.1, 0.15) is 0 Å². The zero-order chi connectivity index (χ0) is 22.7. The van der Waals surface area contributed by atoms with Crippen LogP contribution in [0.4, 0.5) is 17.6 Å². The largest absolute Gasteiger partial charge is 0.472 e. The molecule has 0 spiro atoms. The highest BCUT2D eigenvalue weighted by Gasteiger charge is 2.18. The molecule has 4 aromatic rings. The molecule has 0 bridgehead atoms. The summed E-state index contributed by atoms with van der Waals surface area (Å²) in [4.78, 5) is 21.5. The summed E-state index contributed by atoms with van der Waals surface area (Å²) in [6, 6.07) is 11.4. The topological polar surface area (TPSA) is 79.1 Å². The quantitative estimate of drug-likeness (QED) is 0.398. The van der Waals surface area contributed by atoms with E-state index in [9.17, 15) is 22.4 Å². The third-order valence-electron chi connectivity index (χ3n) is 4.33. The lowest BCUT2D eigenvalue weighted by atomic mass is 10.1. The number of rotatable bonds is 7. The fourth-order valence-corrected chi connectivity index (χ4v) is 3.01. The Balaban J connectivity index is 1.90. The molecule has 3 aromatic heterocycles. The van der Waals surface area contributed by atoms with Crippen molar-refractivity contribution in [1.29, 1.82) is 0 Å². The van der Waals surface area contributed by atoms with Gasteiger partial charge in [-0.3, -0.25) is 9.78 Å². The van der Waals surface area contributed by atoms with Gasteiger partial charge >= 0.3 is 6.61 Å². The molecule has 0 aliphatic rings. The van der Waals surface area contributed by atoms with E-state index in [4.69, 9.17) is 4.74 Å². The van der Waals surface area contributed by atoms with Crippen molar-refractivity contribution in [2.45, 2.75) is 13.0 Å². The van der Waals surface area contributed by atoms with Crippen LogP contribution in [0.15, 0.2) is 65.7 Å². The van der Waals surface area contributed by atoms with E-state index in [1.165, 1.54) is 48.8 Å². The Hall–Kier alpha value is -4.02. The highest BCUT2D eigenvalue weighted by Crippen LogP contribution is 2.27. The van der Waals surface area contributed by atoms with Crippen molar-refractivity contribution in [2.75, 3.05) is 6.61 Å². The van der Waals surface area contributed by atoms with E-state index in [1.54, 1.807) is 12.1 Å². The number of fused-ring (bicyclic) bond motifs is 1. The van der Waals surface area contributed by atoms with Gasteiger partial charge in [-0.1, -0.05) is 12.1 Å². The van der Waals surface area contributed by atoms with Gasteiger partial charge in [-0.2, -0.15) is 18.6 Å². The number of alkyl halides is 4. The van der Waals surface area contributed by atoms with E-state index in [1.807, 2.05) is 0 Å². The Morgan fingerprint density at radius 1 is 0.938 bits per heavy atom. The second kappa shape index (κ2) is 9.00. The molecule has 7 nitrogen and oxygen atoms in total. The van der Waals surface area contributed by atoms with Gasteiger partial charge in [0, 0.05) is 18.5 Å². The molecule has 32 heavy (non-hydrogen) atoms. The van der Waals surface area contributed by atoms with Gasteiger partial charge in [0.1, 0.15) is 16.8 Å². The van der Waals surface area contributed by atoms with Crippen LogP contribution in [0.25, 0.3) is 27.8 Å². The monoisotopic (exact) mass is 446 g/mol. The Morgan fingerprint density at radius 3 is 2.31 bits per heavy atom. The standard InChI is InChI=1S/C21H14F4N4O3/c22-16(23)11-31-17-6-5-15-19(27-17)18(12-1-3-14(4-2-12)32-21(24)25)20(30)29(28-15)13-7-9-26-10-8-13/h1-10,16,21H,11H2. The molecule has 0 saturated carbocycles. The summed E-state index contributed by atoms with van der Waals surface area (Å²) >= 11 is 0. The van der Waals surface area contributed by atoms with Crippen molar-refractivity contribution < 1.29 is 27.0 Å². The van der Waals surface area contributed by atoms with Crippen molar-refractivity contribution in [1.82, 2.24) is 19.7 Å². The zero-order valence-corrected chi connectivity index (χ0v) is 16.2. The number of halogens is 4. The SMILES string of the molecule is O=c1c(-c2ccc(OC(F)F)cc2)c2nc(OCC(F)F)ccc2nn1-c1ccncc1. The fourth-order valence-electron chi connectivity index (χ4n) is 3.01. The van der Waals surface area contributed by atoms with Gasteiger partial charge in [0.15, 0.2) is 6.61 Å². The lowest BCUT2D eigenvalue weighted by Crippen LogP contribution is -2.23. The van der Waals surface area contributed by atoms with Gasteiger partial charge in [0.25, 0.3) is 12.0 Å². The number of hydrogen-bond donors (Lipinski definition) is 0. The first-order valence-electron chi connectivity index (χ1n) is 9.23. The predicted molar refractivity (Wildman–Crippen MR) is 106 cm³/mol. The Morgan fingerprint density at radius 2 is 1.66 bits per heavy atom. The van der Waals surface area contributed by atoms with Gasteiger partial charge in [-0.25, -0.2) is 13.8 Å². The van der Waals surface area contributed by atoms with E-state index in [-0.39, 0.29) is 28.2 Å². The van der Waals surface area contributed by atoms with Gasteiger partial charge in [-0.05, 0) is 35.9 Å². The Labute approximate surface area is 177 Å². The van der Waals surface area contributed by atoms with Crippen molar-refractivity contribution in [2.24, 2.45) is 0 Å². The van der Waals surface area contributed by atoms with Gasteiger partial charge < -0.3 is 9.47 Å². The molecule has 0 radical (unpaired) electrons. The van der Waals surface area contributed by atoms with Gasteiger partial charge in [0.05, 0.1) is 11.3 Å². The van der Waals surface area contributed by atoms with Crippen LogP contribution in [0, 0.1) is 0 Å². The second-order valence-corrected chi connectivity index (χ2v) is 6.42. The molecular weight excluding hydrogens is 432 g/mol. The smallest absolute Gasteiger partial charge is 0.387 e. The summed E-state index contributed by atoms with van der Waals surface area (Å²) < 4.78 is 60.4. The van der Waals surface area contributed by atoms with Crippen LogP contribution < -0.4 is 15.0 Å². The average molecular weight is 446 g/mol. The Bertz CT molecular complexity index is 1280. The van der Waals surface area contributed by atoms with Crippen LogP contribution in [-0.2, 0) is 0 Å². The third kappa shape index (κ3) is 4.51. The summed E-state index contributed by atoms with van der Waals surface area (Å²) in [6.45, 7) is -3.86. The number of nitrogens with zero attached hydrogens (tertiary/aromatic N) is 4. The van der Waals surface area contributed by atoms with Crippen molar-refractivity contribution in [3.8, 4) is 28.4 Å². The second-order valence-electron chi connectivity index (χ2n) is 6.42.